The Hall–Kier alpha value is -1.95. The molecule has 0 aliphatic carbocycles. The Morgan fingerprint density at radius 3 is 2.68 bits per heavy atom. The van der Waals surface area contributed by atoms with E-state index in [1.54, 1.807) is 18.2 Å². The fraction of sp³-hybridized carbons (Fsp3) is 0.308. The van der Waals surface area contributed by atoms with Crippen LogP contribution in [0.4, 0.5) is 5.69 Å². The molecule has 0 saturated carbocycles. The fourth-order valence-electron chi connectivity index (χ4n) is 1.83. The van der Waals surface area contributed by atoms with E-state index in [0.717, 1.165) is 0 Å². The number of methoxy groups -OCH3 is 1. The summed E-state index contributed by atoms with van der Waals surface area (Å²) in [5.74, 6) is 0.0378. The third-order valence-corrected chi connectivity index (χ3v) is 3.12. The third kappa shape index (κ3) is 2.31. The van der Waals surface area contributed by atoms with E-state index in [1.165, 1.54) is 7.11 Å². The minimum atomic E-state index is -0.660. The number of benzene rings is 1. The van der Waals surface area contributed by atoms with Crippen molar-refractivity contribution >= 4 is 24.2 Å². The summed E-state index contributed by atoms with van der Waals surface area (Å²) >= 11 is 0. The van der Waals surface area contributed by atoms with E-state index in [2.05, 4.69) is 11.3 Å². The molecule has 0 aromatic heterocycles. The van der Waals surface area contributed by atoms with Gasteiger partial charge in [-0.2, -0.15) is 0 Å². The van der Waals surface area contributed by atoms with E-state index in [4.69, 9.17) is 15.0 Å². The van der Waals surface area contributed by atoms with Gasteiger partial charge in [0, 0.05) is 11.2 Å². The molecule has 100 valence electrons. The number of hydrogen-bond donors (Lipinski definition) is 1. The molecule has 1 aromatic carbocycles. The lowest BCUT2D eigenvalue weighted by molar-refractivity contribution is 0.0602. The van der Waals surface area contributed by atoms with Gasteiger partial charge in [-0.3, -0.25) is 0 Å². The minimum absolute atomic E-state index is 0.294. The predicted octanol–water partition coefficient (Wildman–Crippen LogP) is 1.09. The first kappa shape index (κ1) is 13.5. The van der Waals surface area contributed by atoms with Gasteiger partial charge in [-0.05, 0) is 19.9 Å². The normalized spacial score (nSPS) is 17.2. The van der Waals surface area contributed by atoms with E-state index < -0.39 is 18.7 Å². The van der Waals surface area contributed by atoms with Gasteiger partial charge in [0.1, 0.15) is 5.60 Å². The zero-order chi connectivity index (χ0) is 14.2. The summed E-state index contributed by atoms with van der Waals surface area (Å²) in [6.45, 7) is 7.52. The number of hydrogen-bond acceptors (Lipinski definition) is 5. The van der Waals surface area contributed by atoms with Crippen LogP contribution in [-0.2, 0) is 14.0 Å². The molecule has 0 amide bonds. The Balaban J connectivity index is 2.37. The zero-order valence-corrected chi connectivity index (χ0v) is 11.2. The third-order valence-electron chi connectivity index (χ3n) is 3.12. The molecule has 1 aliphatic rings. The molecule has 1 saturated heterocycles. The summed E-state index contributed by atoms with van der Waals surface area (Å²) in [4.78, 5) is 11.6. The molecule has 0 spiro atoms. The molecule has 1 fully saturated rings. The Labute approximate surface area is 112 Å². The second-order valence-electron chi connectivity index (χ2n) is 4.80. The smallest absolute Gasteiger partial charge is 0.534 e. The predicted molar refractivity (Wildman–Crippen MR) is 73.0 cm³/mol. The van der Waals surface area contributed by atoms with Crippen molar-refractivity contribution in [1.29, 1.82) is 0 Å². The SMILES string of the molecule is C=C1OB(c2cccc(C(=O)OC)c2N)OC1(C)C. The van der Waals surface area contributed by atoms with E-state index in [1.807, 2.05) is 13.8 Å². The number of esters is 1. The van der Waals surface area contributed by atoms with Crippen LogP contribution < -0.4 is 11.2 Å². The number of nitrogens with two attached hydrogens (primary N) is 1. The van der Waals surface area contributed by atoms with Crippen LogP contribution in [0, 0.1) is 0 Å². The molecule has 2 rings (SSSR count). The van der Waals surface area contributed by atoms with Crippen molar-refractivity contribution in [2.45, 2.75) is 19.4 Å². The highest BCUT2D eigenvalue weighted by Gasteiger charge is 2.44. The average molecular weight is 261 g/mol. The van der Waals surface area contributed by atoms with Crippen LogP contribution in [0.5, 0.6) is 0 Å². The molecule has 6 heteroatoms. The van der Waals surface area contributed by atoms with E-state index in [9.17, 15) is 4.79 Å². The van der Waals surface area contributed by atoms with Crippen LogP contribution >= 0.6 is 0 Å². The van der Waals surface area contributed by atoms with Gasteiger partial charge < -0.3 is 19.8 Å². The van der Waals surface area contributed by atoms with Gasteiger partial charge in [0.05, 0.1) is 18.4 Å². The lowest BCUT2D eigenvalue weighted by Crippen LogP contribution is -2.37. The van der Waals surface area contributed by atoms with Crippen molar-refractivity contribution in [1.82, 2.24) is 0 Å². The standard InChI is InChI=1S/C13H16BNO4/c1-8-13(2,3)19-14(18-8)10-7-5-6-9(11(10)15)12(16)17-4/h5-7H,1,15H2,2-4H3. The number of para-hydroxylation sites is 1. The maximum atomic E-state index is 11.6. The van der Waals surface area contributed by atoms with Crippen molar-refractivity contribution in [2.75, 3.05) is 12.8 Å². The molecular weight excluding hydrogens is 245 g/mol. The van der Waals surface area contributed by atoms with Gasteiger partial charge >= 0.3 is 13.1 Å². The lowest BCUT2D eigenvalue weighted by atomic mass is 9.77. The molecule has 0 bridgehead atoms. The first-order valence-electron chi connectivity index (χ1n) is 5.87. The van der Waals surface area contributed by atoms with Gasteiger partial charge in [-0.1, -0.05) is 18.7 Å². The maximum Gasteiger partial charge on any atom is 0.565 e. The monoisotopic (exact) mass is 261 g/mol. The summed E-state index contributed by atoms with van der Waals surface area (Å²) in [6.07, 6.45) is 0. The summed E-state index contributed by atoms with van der Waals surface area (Å²) in [5, 5.41) is 0. The van der Waals surface area contributed by atoms with Crippen molar-refractivity contribution in [2.24, 2.45) is 0 Å². The largest absolute Gasteiger partial charge is 0.565 e. The Bertz CT molecular complexity index is 541. The van der Waals surface area contributed by atoms with Crippen molar-refractivity contribution in [3.8, 4) is 0 Å². The van der Waals surface area contributed by atoms with Crippen molar-refractivity contribution in [3.05, 3.63) is 36.1 Å². The van der Waals surface area contributed by atoms with Gasteiger partial charge in [0.15, 0.2) is 0 Å². The summed E-state index contributed by atoms with van der Waals surface area (Å²) in [5.41, 5.74) is 6.58. The molecular formula is C13H16BNO4. The molecule has 0 unspecified atom stereocenters. The van der Waals surface area contributed by atoms with Crippen LogP contribution in [0.2, 0.25) is 0 Å². The Morgan fingerprint density at radius 1 is 1.47 bits per heavy atom. The second kappa shape index (κ2) is 4.62. The molecule has 1 aliphatic heterocycles. The average Bonchev–Trinajstić information content (AvgIpc) is 2.63. The van der Waals surface area contributed by atoms with Gasteiger partial charge in [0.25, 0.3) is 0 Å². The summed E-state index contributed by atoms with van der Waals surface area (Å²) < 4.78 is 16.0. The van der Waals surface area contributed by atoms with Crippen LogP contribution in [0.1, 0.15) is 24.2 Å². The number of carbonyl (C=O) groups excluding carboxylic acids is 1. The molecule has 0 atom stereocenters. The molecule has 1 aromatic rings. The minimum Gasteiger partial charge on any atom is -0.534 e. The first-order chi connectivity index (χ1) is 8.86. The summed E-state index contributed by atoms with van der Waals surface area (Å²) in [7, 11) is 0.647. The molecule has 5 nitrogen and oxygen atoms in total. The van der Waals surface area contributed by atoms with Crippen LogP contribution in [0.25, 0.3) is 0 Å². The van der Waals surface area contributed by atoms with Gasteiger partial charge in [-0.25, -0.2) is 4.79 Å². The number of ether oxygens (including phenoxy) is 1. The second-order valence-corrected chi connectivity index (χ2v) is 4.80. The van der Waals surface area contributed by atoms with Crippen LogP contribution in [-0.4, -0.2) is 25.8 Å². The quantitative estimate of drug-likeness (QED) is 0.490. The highest BCUT2D eigenvalue weighted by molar-refractivity contribution is 6.64. The zero-order valence-electron chi connectivity index (χ0n) is 11.2. The van der Waals surface area contributed by atoms with Gasteiger partial charge in [0.2, 0.25) is 0 Å². The highest BCUT2D eigenvalue weighted by Crippen LogP contribution is 2.30. The van der Waals surface area contributed by atoms with E-state index in [0.29, 0.717) is 22.5 Å². The van der Waals surface area contributed by atoms with Gasteiger partial charge in [-0.15, -0.1) is 0 Å². The number of carbonyl (C=O) groups is 1. The first-order valence-corrected chi connectivity index (χ1v) is 5.87. The van der Waals surface area contributed by atoms with E-state index in [-0.39, 0.29) is 0 Å². The molecule has 0 radical (unpaired) electrons. The summed E-state index contributed by atoms with van der Waals surface area (Å²) in [6, 6.07) is 5.06. The van der Waals surface area contributed by atoms with Crippen molar-refractivity contribution < 1.29 is 18.8 Å². The van der Waals surface area contributed by atoms with Crippen LogP contribution in [0.15, 0.2) is 30.5 Å². The Morgan fingerprint density at radius 2 is 2.16 bits per heavy atom. The number of rotatable bonds is 2. The lowest BCUT2D eigenvalue weighted by Gasteiger charge is -2.16. The van der Waals surface area contributed by atoms with E-state index >= 15 is 0 Å². The fourth-order valence-corrected chi connectivity index (χ4v) is 1.83. The van der Waals surface area contributed by atoms with Crippen LogP contribution in [0.3, 0.4) is 0 Å². The molecule has 19 heavy (non-hydrogen) atoms. The molecule has 2 N–H and O–H groups in total. The van der Waals surface area contributed by atoms with Crippen molar-refractivity contribution in [3.63, 3.8) is 0 Å². The highest BCUT2D eigenvalue weighted by atomic mass is 16.7. The Kier molecular flexibility index (Phi) is 3.28. The molecule has 1 heterocycles. The number of nitrogen functional groups attached to an aromatic ring is 1. The number of anilines is 1. The topological polar surface area (TPSA) is 70.8 Å². The maximum absolute atomic E-state index is 11.6.